The number of methoxy groups -OCH3 is 1. The van der Waals surface area contributed by atoms with Crippen LogP contribution in [0.2, 0.25) is 0 Å². The standard InChI is InChI=1S/C29H23BrN4O3S/c1-37-29(36)24-17-38-28-25(23-16-33(32-31-23)15-18-8-3-2-4-9-18)22(26(30)27(35)34(24)28)14-20-12-7-11-19-10-5-6-13-21(19)20/h2-13,16,24H,14-15,17H2,1H3/t24-/m0/s1. The molecule has 0 bridgehead atoms. The van der Waals surface area contributed by atoms with Crippen molar-refractivity contribution in [1.82, 2.24) is 19.6 Å². The van der Waals surface area contributed by atoms with Crippen LogP contribution in [-0.4, -0.2) is 38.4 Å². The molecule has 6 rings (SSSR count). The van der Waals surface area contributed by atoms with Crippen molar-refractivity contribution < 1.29 is 9.53 Å². The van der Waals surface area contributed by atoms with Gasteiger partial charge in [0.25, 0.3) is 5.56 Å². The molecule has 0 fully saturated rings. The van der Waals surface area contributed by atoms with Crippen LogP contribution in [-0.2, 0) is 22.5 Å². The quantitative estimate of drug-likeness (QED) is 0.245. The fourth-order valence-electron chi connectivity index (χ4n) is 4.98. The highest BCUT2D eigenvalue weighted by Crippen LogP contribution is 2.43. The van der Waals surface area contributed by atoms with Gasteiger partial charge in [-0.3, -0.25) is 9.36 Å². The van der Waals surface area contributed by atoms with Gasteiger partial charge >= 0.3 is 5.97 Å². The minimum absolute atomic E-state index is 0.254. The fourth-order valence-corrected chi connectivity index (χ4v) is 6.83. The number of thioether (sulfide) groups is 1. The predicted molar refractivity (Wildman–Crippen MR) is 151 cm³/mol. The van der Waals surface area contributed by atoms with Crippen molar-refractivity contribution in [3.63, 3.8) is 0 Å². The van der Waals surface area contributed by atoms with E-state index in [-0.39, 0.29) is 5.56 Å². The van der Waals surface area contributed by atoms with Crippen LogP contribution in [0.25, 0.3) is 22.0 Å². The maximum Gasteiger partial charge on any atom is 0.329 e. The van der Waals surface area contributed by atoms with Crippen molar-refractivity contribution in [2.75, 3.05) is 12.9 Å². The zero-order chi connectivity index (χ0) is 26.2. The van der Waals surface area contributed by atoms with Gasteiger partial charge in [-0.25, -0.2) is 9.48 Å². The number of ether oxygens (including phenoxy) is 1. The summed E-state index contributed by atoms with van der Waals surface area (Å²) in [5.41, 5.74) is 4.23. The van der Waals surface area contributed by atoms with Crippen LogP contribution < -0.4 is 5.56 Å². The van der Waals surface area contributed by atoms with Crippen molar-refractivity contribution in [3.05, 3.63) is 111 Å². The Bertz CT molecular complexity index is 1730. The van der Waals surface area contributed by atoms with E-state index in [0.29, 0.717) is 33.9 Å². The number of halogens is 1. The molecule has 1 aliphatic heterocycles. The van der Waals surface area contributed by atoms with Crippen molar-refractivity contribution in [3.8, 4) is 11.3 Å². The SMILES string of the molecule is COC(=O)[C@@H]1CSc2c(-c3cn(Cc4ccccc4)nn3)c(Cc3cccc4ccccc34)c(Br)c(=O)n21. The molecule has 190 valence electrons. The molecule has 1 aliphatic rings. The van der Waals surface area contributed by atoms with E-state index in [9.17, 15) is 9.59 Å². The number of benzene rings is 3. The molecular formula is C29H23BrN4O3S. The molecule has 0 spiro atoms. The van der Waals surface area contributed by atoms with E-state index in [1.54, 1.807) is 9.25 Å². The fraction of sp³-hybridized carbons (Fsp3) is 0.172. The Hall–Kier alpha value is -3.69. The van der Waals surface area contributed by atoms with E-state index in [0.717, 1.165) is 33.0 Å². The van der Waals surface area contributed by atoms with Crippen LogP contribution in [0.1, 0.15) is 22.7 Å². The number of rotatable bonds is 6. The summed E-state index contributed by atoms with van der Waals surface area (Å²) in [5.74, 6) is -0.0252. The Balaban J connectivity index is 1.53. The van der Waals surface area contributed by atoms with Crippen molar-refractivity contribution in [2.45, 2.75) is 24.0 Å². The van der Waals surface area contributed by atoms with E-state index >= 15 is 0 Å². The lowest BCUT2D eigenvalue weighted by molar-refractivity contribution is -0.143. The highest BCUT2D eigenvalue weighted by molar-refractivity contribution is 9.10. The summed E-state index contributed by atoms with van der Waals surface area (Å²) >= 11 is 5.08. The van der Waals surface area contributed by atoms with Crippen LogP contribution in [0, 0.1) is 0 Å². The molecule has 3 aromatic carbocycles. The largest absolute Gasteiger partial charge is 0.467 e. The molecule has 0 aliphatic carbocycles. The summed E-state index contributed by atoms with van der Waals surface area (Å²) in [5, 5.41) is 11.9. The molecule has 9 heteroatoms. The average Bonchev–Trinajstić information content (AvgIpc) is 3.60. The molecule has 7 nitrogen and oxygen atoms in total. The van der Waals surface area contributed by atoms with Crippen molar-refractivity contribution >= 4 is 44.4 Å². The number of nitrogens with zero attached hydrogens (tertiary/aromatic N) is 4. The lowest BCUT2D eigenvalue weighted by Crippen LogP contribution is -2.31. The maximum absolute atomic E-state index is 13.6. The second-order valence-electron chi connectivity index (χ2n) is 9.10. The number of carbonyl (C=O) groups excluding carboxylic acids is 1. The van der Waals surface area contributed by atoms with E-state index in [1.807, 2.05) is 54.7 Å². The Morgan fingerprint density at radius 3 is 2.66 bits per heavy atom. The third-order valence-corrected chi connectivity index (χ3v) is 8.77. The van der Waals surface area contributed by atoms with E-state index in [4.69, 9.17) is 4.74 Å². The summed E-state index contributed by atoms with van der Waals surface area (Å²) in [6, 6.07) is 23.8. The number of carbonyl (C=O) groups is 1. The van der Waals surface area contributed by atoms with Crippen LogP contribution in [0.15, 0.2) is 93.3 Å². The molecule has 38 heavy (non-hydrogen) atoms. The maximum atomic E-state index is 13.6. The lowest BCUT2D eigenvalue weighted by Gasteiger charge is -2.18. The van der Waals surface area contributed by atoms with Gasteiger partial charge in [0.05, 0.1) is 29.4 Å². The van der Waals surface area contributed by atoms with Gasteiger partial charge in [0.15, 0.2) is 0 Å². The predicted octanol–water partition coefficient (Wildman–Crippen LogP) is 5.48. The van der Waals surface area contributed by atoms with Gasteiger partial charge < -0.3 is 4.74 Å². The second-order valence-corrected chi connectivity index (χ2v) is 10.9. The first kappa shape index (κ1) is 24.6. The van der Waals surface area contributed by atoms with Crippen LogP contribution >= 0.6 is 27.7 Å². The number of fused-ring (bicyclic) bond motifs is 2. The van der Waals surface area contributed by atoms with Crippen molar-refractivity contribution in [1.29, 1.82) is 0 Å². The molecule has 0 unspecified atom stereocenters. The molecule has 0 saturated carbocycles. The summed E-state index contributed by atoms with van der Waals surface area (Å²) in [7, 11) is 1.34. The number of hydrogen-bond acceptors (Lipinski definition) is 6. The third-order valence-electron chi connectivity index (χ3n) is 6.80. The van der Waals surface area contributed by atoms with Crippen LogP contribution in [0.3, 0.4) is 0 Å². The molecule has 3 heterocycles. The van der Waals surface area contributed by atoms with Crippen LogP contribution in [0.5, 0.6) is 0 Å². The molecule has 2 aromatic heterocycles. The first-order valence-electron chi connectivity index (χ1n) is 12.1. The molecule has 1 atom stereocenters. The Morgan fingerprint density at radius 2 is 1.84 bits per heavy atom. The van der Waals surface area contributed by atoms with Gasteiger partial charge in [0.1, 0.15) is 11.7 Å². The lowest BCUT2D eigenvalue weighted by atomic mass is 9.95. The number of aromatic nitrogens is 4. The minimum atomic E-state index is -0.700. The Morgan fingerprint density at radius 1 is 1.08 bits per heavy atom. The van der Waals surface area contributed by atoms with Gasteiger partial charge in [-0.2, -0.15) is 0 Å². The average molecular weight is 587 g/mol. The minimum Gasteiger partial charge on any atom is -0.467 e. The smallest absolute Gasteiger partial charge is 0.329 e. The number of hydrogen-bond donors (Lipinski definition) is 0. The van der Waals surface area contributed by atoms with Crippen LogP contribution in [0.4, 0.5) is 0 Å². The monoisotopic (exact) mass is 586 g/mol. The van der Waals surface area contributed by atoms with Gasteiger partial charge in [0, 0.05) is 17.7 Å². The summed E-state index contributed by atoms with van der Waals surface area (Å²) in [6.07, 6.45) is 2.41. The molecule has 0 amide bonds. The van der Waals surface area contributed by atoms with E-state index in [2.05, 4.69) is 50.5 Å². The van der Waals surface area contributed by atoms with Gasteiger partial charge in [-0.05, 0) is 43.4 Å². The summed E-state index contributed by atoms with van der Waals surface area (Å²) in [6.45, 7) is 0.570. The zero-order valence-corrected chi connectivity index (χ0v) is 22.9. The Labute approximate surface area is 231 Å². The van der Waals surface area contributed by atoms with E-state index in [1.165, 1.54) is 18.9 Å². The topological polar surface area (TPSA) is 79.0 Å². The zero-order valence-electron chi connectivity index (χ0n) is 20.5. The Kier molecular flexibility index (Phi) is 6.63. The first-order valence-corrected chi connectivity index (χ1v) is 13.9. The van der Waals surface area contributed by atoms with Gasteiger partial charge in [-0.15, -0.1) is 16.9 Å². The normalized spacial score (nSPS) is 14.5. The first-order chi connectivity index (χ1) is 18.5. The summed E-state index contributed by atoms with van der Waals surface area (Å²) in [4.78, 5) is 26.2. The molecular weight excluding hydrogens is 564 g/mol. The van der Waals surface area contributed by atoms with E-state index < -0.39 is 12.0 Å². The highest BCUT2D eigenvalue weighted by atomic mass is 79.9. The third kappa shape index (κ3) is 4.35. The number of esters is 1. The highest BCUT2D eigenvalue weighted by Gasteiger charge is 2.36. The summed E-state index contributed by atoms with van der Waals surface area (Å²) < 4.78 is 8.76. The molecule has 0 N–H and O–H groups in total. The van der Waals surface area contributed by atoms with Gasteiger partial charge in [0.2, 0.25) is 0 Å². The number of pyridine rings is 1. The van der Waals surface area contributed by atoms with Gasteiger partial charge in [-0.1, -0.05) is 78.0 Å². The molecule has 0 saturated heterocycles. The molecule has 0 radical (unpaired) electrons. The van der Waals surface area contributed by atoms with Crippen molar-refractivity contribution in [2.24, 2.45) is 0 Å². The molecule has 5 aromatic rings. The second kappa shape index (κ2) is 10.2.